The van der Waals surface area contributed by atoms with Crippen molar-refractivity contribution in [2.24, 2.45) is 5.92 Å². The van der Waals surface area contributed by atoms with Gasteiger partial charge in [0.15, 0.2) is 4.34 Å². The van der Waals surface area contributed by atoms with Crippen LogP contribution in [0.15, 0.2) is 47.3 Å². The highest BCUT2D eigenvalue weighted by atomic mass is 32.2. The zero-order chi connectivity index (χ0) is 18.2. The van der Waals surface area contributed by atoms with Crippen molar-refractivity contribution in [3.05, 3.63) is 43.0 Å². The zero-order valence-corrected chi connectivity index (χ0v) is 15.9. The number of nitrogens with one attached hydrogen (secondary N) is 2. The Bertz CT molecular complexity index is 742. The Morgan fingerprint density at radius 3 is 2.68 bits per heavy atom. The number of thioether (sulfide) groups is 1. The minimum atomic E-state index is -0.119. The maximum Gasteiger partial charge on any atom is 0.230 e. The second-order valence-corrected chi connectivity index (χ2v) is 7.77. The van der Waals surface area contributed by atoms with E-state index in [0.717, 1.165) is 15.6 Å². The molecule has 0 unspecified atom stereocenters. The molecular formula is C18H21N3O2S2. The number of thiazole rings is 1. The Hall–Kier alpha value is -2.12. The van der Waals surface area contributed by atoms with Crippen LogP contribution < -0.4 is 10.6 Å². The zero-order valence-electron chi connectivity index (χ0n) is 14.2. The highest BCUT2D eigenvalue weighted by Gasteiger charge is 2.17. The number of carbonyl (C=O) groups excluding carboxylic acids is 2. The number of nitrogens with zero attached hydrogens (tertiary/aromatic N) is 1. The van der Waals surface area contributed by atoms with Gasteiger partial charge in [-0.2, -0.15) is 0 Å². The molecule has 25 heavy (non-hydrogen) atoms. The van der Waals surface area contributed by atoms with Gasteiger partial charge in [0.1, 0.15) is 10.7 Å². The molecule has 2 N–H and O–H groups in total. The van der Waals surface area contributed by atoms with Crippen molar-refractivity contribution in [2.45, 2.75) is 18.2 Å². The second kappa shape index (κ2) is 9.39. The highest BCUT2D eigenvalue weighted by Crippen LogP contribution is 2.37. The smallest absolute Gasteiger partial charge is 0.230 e. The topological polar surface area (TPSA) is 71.1 Å². The quantitative estimate of drug-likeness (QED) is 0.544. The molecule has 7 heteroatoms. The van der Waals surface area contributed by atoms with Crippen molar-refractivity contribution in [1.82, 2.24) is 10.3 Å². The van der Waals surface area contributed by atoms with Crippen LogP contribution in [0.3, 0.4) is 0 Å². The molecule has 0 spiro atoms. The number of hydrogen-bond donors (Lipinski definition) is 2. The molecule has 1 heterocycles. The van der Waals surface area contributed by atoms with E-state index in [1.54, 1.807) is 6.08 Å². The van der Waals surface area contributed by atoms with Gasteiger partial charge in [-0.15, -0.1) is 6.58 Å². The van der Waals surface area contributed by atoms with E-state index < -0.39 is 0 Å². The summed E-state index contributed by atoms with van der Waals surface area (Å²) in [5.74, 6) is 0.0226. The fourth-order valence-corrected chi connectivity index (χ4v) is 3.76. The molecule has 0 atom stereocenters. The first-order valence-electron chi connectivity index (χ1n) is 7.88. The lowest BCUT2D eigenvalue weighted by atomic mass is 10.1. The molecule has 0 saturated heterocycles. The van der Waals surface area contributed by atoms with Crippen LogP contribution in [-0.4, -0.2) is 29.1 Å². The predicted octanol–water partition coefficient (Wildman–Crippen LogP) is 3.80. The van der Waals surface area contributed by atoms with Gasteiger partial charge >= 0.3 is 0 Å². The predicted molar refractivity (Wildman–Crippen MR) is 105 cm³/mol. The molecule has 0 bridgehead atoms. The van der Waals surface area contributed by atoms with Crippen molar-refractivity contribution < 1.29 is 9.59 Å². The van der Waals surface area contributed by atoms with Crippen molar-refractivity contribution in [2.75, 3.05) is 17.6 Å². The maximum atomic E-state index is 12.1. The second-order valence-electron chi connectivity index (χ2n) is 5.55. The molecule has 0 radical (unpaired) electrons. The summed E-state index contributed by atoms with van der Waals surface area (Å²) in [6.07, 6.45) is 1.64. The number of carbonyl (C=O) groups is 2. The van der Waals surface area contributed by atoms with E-state index in [1.165, 1.54) is 23.1 Å². The van der Waals surface area contributed by atoms with Gasteiger partial charge in [0.25, 0.3) is 0 Å². The lowest BCUT2D eigenvalue weighted by Gasteiger charge is -2.07. The van der Waals surface area contributed by atoms with E-state index in [1.807, 2.05) is 44.2 Å². The summed E-state index contributed by atoms with van der Waals surface area (Å²) >= 11 is 2.74. The van der Waals surface area contributed by atoms with Crippen LogP contribution in [0.25, 0.3) is 11.3 Å². The van der Waals surface area contributed by atoms with Gasteiger partial charge in [-0.1, -0.05) is 73.4 Å². The third kappa shape index (κ3) is 5.72. The van der Waals surface area contributed by atoms with Crippen molar-refractivity contribution in [3.63, 3.8) is 0 Å². The molecule has 0 aliphatic heterocycles. The Morgan fingerprint density at radius 1 is 1.32 bits per heavy atom. The van der Waals surface area contributed by atoms with E-state index in [-0.39, 0.29) is 23.5 Å². The van der Waals surface area contributed by atoms with Gasteiger partial charge in [0.05, 0.1) is 5.75 Å². The van der Waals surface area contributed by atoms with E-state index in [2.05, 4.69) is 22.2 Å². The van der Waals surface area contributed by atoms with Gasteiger partial charge in [-0.25, -0.2) is 4.98 Å². The minimum Gasteiger partial charge on any atom is -0.352 e. The van der Waals surface area contributed by atoms with Crippen molar-refractivity contribution in [3.8, 4) is 11.3 Å². The van der Waals surface area contributed by atoms with E-state index in [4.69, 9.17) is 0 Å². The highest BCUT2D eigenvalue weighted by molar-refractivity contribution is 8.01. The van der Waals surface area contributed by atoms with Crippen LogP contribution in [-0.2, 0) is 9.59 Å². The Kier molecular flexibility index (Phi) is 7.21. The largest absolute Gasteiger partial charge is 0.352 e. The monoisotopic (exact) mass is 375 g/mol. The fourth-order valence-electron chi connectivity index (χ4n) is 1.86. The minimum absolute atomic E-state index is 0.0545. The number of amides is 2. The van der Waals surface area contributed by atoms with Crippen LogP contribution in [0, 0.1) is 5.92 Å². The number of rotatable bonds is 8. The average molecular weight is 376 g/mol. The van der Waals surface area contributed by atoms with Gasteiger partial charge in [0.2, 0.25) is 11.8 Å². The summed E-state index contributed by atoms with van der Waals surface area (Å²) in [5.41, 5.74) is 1.66. The van der Waals surface area contributed by atoms with Crippen molar-refractivity contribution in [1.29, 1.82) is 0 Å². The molecular weight excluding hydrogens is 354 g/mol. The lowest BCUT2D eigenvalue weighted by molar-refractivity contribution is -0.119. The number of benzene rings is 1. The first-order valence-corrected chi connectivity index (χ1v) is 9.69. The third-order valence-corrected chi connectivity index (χ3v) is 5.30. The number of aromatic nitrogens is 1. The molecule has 2 aromatic rings. The molecule has 0 saturated carbocycles. The fraction of sp³-hybridized carbons (Fsp3) is 0.278. The van der Waals surface area contributed by atoms with Gasteiger partial charge in [-0.05, 0) is 0 Å². The molecule has 2 amide bonds. The van der Waals surface area contributed by atoms with Gasteiger partial charge in [-0.3, -0.25) is 9.59 Å². The van der Waals surface area contributed by atoms with E-state index >= 15 is 0 Å². The van der Waals surface area contributed by atoms with Crippen LogP contribution >= 0.6 is 23.1 Å². The standard InChI is InChI=1S/C18H21N3O2S2/c1-4-10-19-14(22)11-24-18-20-15(13-8-6-5-7-9-13)17(25-18)21-16(23)12(2)3/h4-9,12H,1,10-11H2,2-3H3,(H,19,22)(H,21,23). The molecule has 0 fully saturated rings. The average Bonchev–Trinajstić information content (AvgIpc) is 3.01. The van der Waals surface area contributed by atoms with Crippen LogP contribution in [0.5, 0.6) is 0 Å². The first-order chi connectivity index (χ1) is 12.0. The van der Waals surface area contributed by atoms with E-state index in [9.17, 15) is 9.59 Å². The summed E-state index contributed by atoms with van der Waals surface area (Å²) < 4.78 is 0.742. The first kappa shape index (κ1) is 19.2. The Labute approximate surface area is 155 Å². The normalized spacial score (nSPS) is 10.5. The summed E-state index contributed by atoms with van der Waals surface area (Å²) in [7, 11) is 0. The molecule has 0 aliphatic carbocycles. The number of hydrogen-bond acceptors (Lipinski definition) is 5. The van der Waals surface area contributed by atoms with Crippen molar-refractivity contribution >= 4 is 39.9 Å². The summed E-state index contributed by atoms with van der Waals surface area (Å²) in [6.45, 7) is 7.71. The number of anilines is 1. The van der Waals surface area contributed by atoms with Gasteiger partial charge < -0.3 is 10.6 Å². The summed E-state index contributed by atoms with van der Waals surface area (Å²) in [4.78, 5) is 28.4. The molecule has 1 aromatic heterocycles. The van der Waals surface area contributed by atoms with Crippen LogP contribution in [0.2, 0.25) is 0 Å². The van der Waals surface area contributed by atoms with Crippen LogP contribution in [0.4, 0.5) is 5.00 Å². The molecule has 2 rings (SSSR count). The summed E-state index contributed by atoms with van der Waals surface area (Å²) in [5, 5.41) is 6.38. The van der Waals surface area contributed by atoms with Crippen LogP contribution in [0.1, 0.15) is 13.8 Å². The van der Waals surface area contributed by atoms with E-state index in [0.29, 0.717) is 11.5 Å². The molecule has 0 aliphatic rings. The molecule has 132 valence electrons. The lowest BCUT2D eigenvalue weighted by Crippen LogP contribution is -2.24. The summed E-state index contributed by atoms with van der Waals surface area (Å²) in [6, 6.07) is 9.69. The SMILES string of the molecule is C=CCNC(=O)CSc1nc(-c2ccccc2)c(NC(=O)C(C)C)s1. The Morgan fingerprint density at radius 2 is 2.04 bits per heavy atom. The third-order valence-electron chi connectivity index (χ3n) is 3.19. The Balaban J connectivity index is 2.19. The maximum absolute atomic E-state index is 12.1. The molecule has 5 nitrogen and oxygen atoms in total. The van der Waals surface area contributed by atoms with Gasteiger partial charge in [0, 0.05) is 18.0 Å². The molecule has 1 aromatic carbocycles.